The van der Waals surface area contributed by atoms with E-state index < -0.39 is 17.6 Å². The minimum atomic E-state index is -0.799. The Balaban J connectivity index is 2.31. The number of anilines is 2. The number of ketones is 1. The number of aryl methyl sites for hydroxylation is 2. The first-order valence-corrected chi connectivity index (χ1v) is 7.02. The Hall–Kier alpha value is -2.97. The van der Waals surface area contributed by atoms with Crippen LogP contribution in [0.15, 0.2) is 12.4 Å². The molecule has 2 aromatic rings. The van der Waals surface area contributed by atoms with Gasteiger partial charge < -0.3 is 10.6 Å². The zero-order valence-electron chi connectivity index (χ0n) is 13.4. The highest BCUT2D eigenvalue weighted by atomic mass is 16.2. The Bertz CT molecular complexity index is 774. The number of nitrogens with zero attached hydrogens (tertiary/aromatic N) is 4. The van der Waals surface area contributed by atoms with Gasteiger partial charge in [-0.15, -0.1) is 0 Å². The smallest absolute Gasteiger partial charge is 0.291 e. The van der Waals surface area contributed by atoms with Gasteiger partial charge in [0.25, 0.3) is 11.8 Å². The van der Waals surface area contributed by atoms with Gasteiger partial charge in [0.2, 0.25) is 5.78 Å². The average molecular weight is 318 g/mol. The second-order valence-electron chi connectivity index (χ2n) is 4.95. The summed E-state index contributed by atoms with van der Waals surface area (Å²) in [6.45, 7) is 5.22. The molecular formula is C14H18N6O3. The summed E-state index contributed by atoms with van der Waals surface area (Å²) in [6.07, 6.45) is 2.88. The molecule has 0 spiro atoms. The van der Waals surface area contributed by atoms with Crippen molar-refractivity contribution < 1.29 is 14.4 Å². The van der Waals surface area contributed by atoms with Crippen molar-refractivity contribution in [1.82, 2.24) is 19.6 Å². The van der Waals surface area contributed by atoms with E-state index in [1.807, 2.05) is 13.8 Å². The lowest BCUT2D eigenvalue weighted by molar-refractivity contribution is -0.133. The topological polar surface area (TPSA) is 111 Å². The third-order valence-corrected chi connectivity index (χ3v) is 3.41. The molecule has 0 radical (unpaired) electrons. The molecule has 0 aliphatic carbocycles. The highest BCUT2D eigenvalue weighted by Gasteiger charge is 2.22. The molecule has 0 unspecified atom stereocenters. The minimum Gasteiger partial charge on any atom is -0.318 e. The van der Waals surface area contributed by atoms with E-state index in [4.69, 9.17) is 0 Å². The van der Waals surface area contributed by atoms with Crippen LogP contribution in [0.5, 0.6) is 0 Å². The van der Waals surface area contributed by atoms with Gasteiger partial charge in [0.05, 0.1) is 29.5 Å². The molecule has 2 N–H and O–H groups in total. The average Bonchev–Trinajstić information content (AvgIpc) is 3.05. The van der Waals surface area contributed by atoms with E-state index in [1.54, 1.807) is 11.7 Å². The van der Waals surface area contributed by atoms with Crippen molar-refractivity contribution in [2.75, 3.05) is 10.6 Å². The molecule has 9 heteroatoms. The van der Waals surface area contributed by atoms with E-state index >= 15 is 0 Å². The molecule has 23 heavy (non-hydrogen) atoms. The molecule has 2 heterocycles. The Labute approximate surface area is 132 Å². The Morgan fingerprint density at radius 3 is 2.30 bits per heavy atom. The molecule has 9 nitrogen and oxygen atoms in total. The molecule has 0 aliphatic rings. The van der Waals surface area contributed by atoms with E-state index in [0.717, 1.165) is 12.6 Å². The maximum absolute atomic E-state index is 12.5. The van der Waals surface area contributed by atoms with Crippen LogP contribution in [0.1, 0.15) is 30.0 Å². The van der Waals surface area contributed by atoms with Crippen LogP contribution in [0.4, 0.5) is 11.4 Å². The van der Waals surface area contributed by atoms with Crippen LogP contribution < -0.4 is 10.6 Å². The van der Waals surface area contributed by atoms with Crippen LogP contribution in [-0.4, -0.2) is 37.2 Å². The number of rotatable bonds is 5. The second kappa shape index (κ2) is 6.42. The summed E-state index contributed by atoms with van der Waals surface area (Å²) in [7, 11) is 1.76. The van der Waals surface area contributed by atoms with Crippen LogP contribution in [-0.2, 0) is 23.2 Å². The number of nitrogens with one attached hydrogen (secondary N) is 2. The molecule has 0 fully saturated rings. The van der Waals surface area contributed by atoms with Gasteiger partial charge in [-0.2, -0.15) is 10.2 Å². The highest BCUT2D eigenvalue weighted by Crippen LogP contribution is 2.19. The third kappa shape index (κ3) is 3.28. The molecule has 2 rings (SSSR count). The van der Waals surface area contributed by atoms with Crippen molar-refractivity contribution in [1.29, 1.82) is 0 Å². The first-order valence-electron chi connectivity index (χ1n) is 7.02. The van der Waals surface area contributed by atoms with E-state index in [9.17, 15) is 14.4 Å². The summed E-state index contributed by atoms with van der Waals surface area (Å²) in [4.78, 5) is 35.2. The molecule has 2 amide bonds. The number of carbonyl (C=O) groups is 3. The number of carbonyl (C=O) groups excluding carboxylic acids is 3. The lowest BCUT2D eigenvalue weighted by Gasteiger charge is -2.09. The van der Waals surface area contributed by atoms with E-state index in [2.05, 4.69) is 20.8 Å². The zero-order valence-corrected chi connectivity index (χ0v) is 13.4. The van der Waals surface area contributed by atoms with E-state index in [-0.39, 0.29) is 11.4 Å². The van der Waals surface area contributed by atoms with Gasteiger partial charge in [0.15, 0.2) is 0 Å². The van der Waals surface area contributed by atoms with Crippen LogP contribution in [0, 0.1) is 6.92 Å². The van der Waals surface area contributed by atoms with E-state index in [0.29, 0.717) is 12.2 Å². The van der Waals surface area contributed by atoms with Gasteiger partial charge >= 0.3 is 0 Å². The molecule has 0 aliphatic heterocycles. The van der Waals surface area contributed by atoms with Crippen molar-refractivity contribution >= 4 is 29.0 Å². The summed E-state index contributed by atoms with van der Waals surface area (Å²) >= 11 is 0. The number of hydrogen-bond donors (Lipinski definition) is 2. The number of Topliss-reactive ketones (excluding diaryl/α,β-unsaturated/α-hetero) is 1. The maximum atomic E-state index is 12.5. The van der Waals surface area contributed by atoms with Gasteiger partial charge in [0, 0.05) is 20.5 Å². The van der Waals surface area contributed by atoms with Crippen molar-refractivity contribution in [3.8, 4) is 0 Å². The molecule has 0 saturated heterocycles. The quantitative estimate of drug-likeness (QED) is 0.789. The summed E-state index contributed by atoms with van der Waals surface area (Å²) in [5.41, 5.74) is 1.71. The van der Waals surface area contributed by atoms with Crippen LogP contribution in [0.3, 0.4) is 0 Å². The maximum Gasteiger partial charge on any atom is 0.291 e. The zero-order chi connectivity index (χ0) is 17.1. The fourth-order valence-electron chi connectivity index (χ4n) is 1.97. The first kappa shape index (κ1) is 16.4. The molecule has 0 bridgehead atoms. The van der Waals surface area contributed by atoms with Crippen molar-refractivity contribution in [3.63, 3.8) is 0 Å². The van der Waals surface area contributed by atoms with Crippen molar-refractivity contribution in [3.05, 3.63) is 23.8 Å². The molecule has 0 aromatic carbocycles. The van der Waals surface area contributed by atoms with Crippen LogP contribution >= 0.6 is 0 Å². The molecule has 0 atom stereocenters. The molecule has 2 aromatic heterocycles. The Kier molecular flexibility index (Phi) is 4.58. The van der Waals surface area contributed by atoms with Crippen LogP contribution in [0.25, 0.3) is 0 Å². The molecule has 122 valence electrons. The summed E-state index contributed by atoms with van der Waals surface area (Å²) < 4.78 is 3.07. The summed E-state index contributed by atoms with van der Waals surface area (Å²) in [5, 5.41) is 13.2. The van der Waals surface area contributed by atoms with Gasteiger partial charge in [0.1, 0.15) is 5.69 Å². The van der Waals surface area contributed by atoms with Gasteiger partial charge in [-0.3, -0.25) is 23.7 Å². The fraction of sp³-hybridized carbons (Fsp3) is 0.357. The molecule has 0 saturated carbocycles. The minimum absolute atomic E-state index is 0.172. The van der Waals surface area contributed by atoms with Gasteiger partial charge in [-0.25, -0.2) is 0 Å². The summed E-state index contributed by atoms with van der Waals surface area (Å²) in [6, 6.07) is 0. The lowest BCUT2D eigenvalue weighted by Crippen LogP contribution is -2.24. The number of aromatic nitrogens is 4. The van der Waals surface area contributed by atoms with Gasteiger partial charge in [-0.05, 0) is 13.8 Å². The largest absolute Gasteiger partial charge is 0.318 e. The van der Waals surface area contributed by atoms with Crippen molar-refractivity contribution in [2.24, 2.45) is 7.05 Å². The predicted molar refractivity (Wildman–Crippen MR) is 83.1 cm³/mol. The number of hydrogen-bond acceptors (Lipinski definition) is 5. The fourth-order valence-corrected chi connectivity index (χ4v) is 1.97. The van der Waals surface area contributed by atoms with Crippen LogP contribution in [0.2, 0.25) is 0 Å². The lowest BCUT2D eigenvalue weighted by atomic mass is 10.3. The SMILES string of the molecule is CCn1ncc(NC(=O)C(C)=O)c1C(=O)Nc1cnn(C)c1C. The third-order valence-electron chi connectivity index (χ3n) is 3.41. The standard InChI is InChI=1S/C14H18N6O3/c1-5-20-12(11(7-16-20)18-13(22)9(3)21)14(23)17-10-6-15-19(4)8(10)2/h6-7H,5H2,1-4H3,(H,17,23)(H,18,22). The van der Waals surface area contributed by atoms with Gasteiger partial charge in [-0.1, -0.05) is 0 Å². The Morgan fingerprint density at radius 1 is 1.13 bits per heavy atom. The monoisotopic (exact) mass is 318 g/mol. The predicted octanol–water partition coefficient (Wildman–Crippen LogP) is 0.725. The normalized spacial score (nSPS) is 10.4. The first-order chi connectivity index (χ1) is 10.8. The second-order valence-corrected chi connectivity index (χ2v) is 4.95. The Morgan fingerprint density at radius 2 is 1.78 bits per heavy atom. The van der Waals surface area contributed by atoms with E-state index in [1.165, 1.54) is 17.1 Å². The molecular weight excluding hydrogens is 300 g/mol. The highest BCUT2D eigenvalue weighted by molar-refractivity contribution is 6.40. The number of amides is 2. The summed E-state index contributed by atoms with van der Waals surface area (Å²) in [5.74, 6) is -1.89. The van der Waals surface area contributed by atoms with Crippen molar-refractivity contribution in [2.45, 2.75) is 27.3 Å².